The van der Waals surface area contributed by atoms with Crippen LogP contribution in [-0.4, -0.2) is 77.6 Å². The van der Waals surface area contributed by atoms with Crippen LogP contribution in [0.25, 0.3) is 10.9 Å². The summed E-state index contributed by atoms with van der Waals surface area (Å²) in [6.45, 7) is 7.21. The molecule has 6 rings (SSSR count). The van der Waals surface area contributed by atoms with Gasteiger partial charge in [-0.05, 0) is 56.0 Å². The van der Waals surface area contributed by atoms with Gasteiger partial charge in [0, 0.05) is 67.8 Å². The second kappa shape index (κ2) is 10.5. The van der Waals surface area contributed by atoms with Crippen molar-refractivity contribution in [3.63, 3.8) is 0 Å². The van der Waals surface area contributed by atoms with Crippen molar-refractivity contribution in [1.82, 2.24) is 14.8 Å². The molecule has 1 N–H and O–H groups in total. The average molecular weight is 515 g/mol. The van der Waals surface area contributed by atoms with Gasteiger partial charge in [0.1, 0.15) is 11.6 Å². The molecule has 3 aliphatic heterocycles. The number of H-pyrrole nitrogens is 1. The van der Waals surface area contributed by atoms with E-state index in [4.69, 9.17) is 4.74 Å². The predicted molar refractivity (Wildman–Crippen MR) is 149 cm³/mol. The minimum atomic E-state index is -0.983. The number of amides is 1. The lowest BCUT2D eigenvalue weighted by molar-refractivity contribution is -0.161. The van der Waals surface area contributed by atoms with Crippen molar-refractivity contribution in [2.45, 2.75) is 50.7 Å². The number of nitrogens with zero attached hydrogens (tertiary/aromatic N) is 3. The van der Waals surface area contributed by atoms with E-state index in [9.17, 15) is 9.59 Å². The van der Waals surface area contributed by atoms with Crippen LogP contribution in [0.15, 0.2) is 60.8 Å². The SMILES string of the molecule is CCC(=O)N(c1ccccc1)C1(C(=O)OC2CN3CCC2C3)CCN(CCc2c[nH]c3ccccc23)CC1. The smallest absolute Gasteiger partial charge is 0.332 e. The van der Waals surface area contributed by atoms with Crippen LogP contribution in [0.2, 0.25) is 0 Å². The standard InChI is InChI=1S/C31H38N4O3/c1-2-29(36)35(25-8-4-3-5-9-25)31(30(37)38-28-22-34-17-13-24(28)21-34)14-18-33(19-15-31)16-12-23-20-32-27-11-7-6-10-26(23)27/h3-11,20,24,28,32H,2,12-19,21-22H2,1H3. The second-order valence-corrected chi connectivity index (χ2v) is 11.2. The lowest BCUT2D eigenvalue weighted by Crippen LogP contribution is -2.63. The summed E-state index contributed by atoms with van der Waals surface area (Å²) in [4.78, 5) is 37.6. The number of rotatable bonds is 8. The molecule has 3 aliphatic rings. The van der Waals surface area contributed by atoms with Crippen LogP contribution in [0.5, 0.6) is 0 Å². The number of esters is 1. The second-order valence-electron chi connectivity index (χ2n) is 11.2. The van der Waals surface area contributed by atoms with Gasteiger partial charge in [-0.2, -0.15) is 0 Å². The zero-order valence-corrected chi connectivity index (χ0v) is 22.3. The van der Waals surface area contributed by atoms with Crippen molar-refractivity contribution >= 4 is 28.5 Å². The maximum absolute atomic E-state index is 14.1. The van der Waals surface area contributed by atoms with Crippen molar-refractivity contribution in [2.24, 2.45) is 5.92 Å². The molecule has 7 heteroatoms. The van der Waals surface area contributed by atoms with Crippen molar-refractivity contribution in [1.29, 1.82) is 0 Å². The molecule has 3 fully saturated rings. The number of benzene rings is 2. The minimum Gasteiger partial charge on any atom is -0.459 e. The quantitative estimate of drug-likeness (QED) is 0.456. The predicted octanol–water partition coefficient (Wildman–Crippen LogP) is 4.24. The molecular weight excluding hydrogens is 476 g/mol. The summed E-state index contributed by atoms with van der Waals surface area (Å²) in [6, 6.07) is 18.1. The number of fused-ring (bicyclic) bond motifs is 3. The number of hydrogen-bond donors (Lipinski definition) is 1. The molecule has 38 heavy (non-hydrogen) atoms. The summed E-state index contributed by atoms with van der Waals surface area (Å²) in [6.07, 6.45) is 5.55. The number of aromatic nitrogens is 1. The van der Waals surface area contributed by atoms with E-state index < -0.39 is 5.54 Å². The molecule has 2 aromatic carbocycles. The number of aromatic amines is 1. The lowest BCUT2D eigenvalue weighted by Gasteiger charge is -2.47. The molecule has 0 spiro atoms. The topological polar surface area (TPSA) is 68.9 Å². The lowest BCUT2D eigenvalue weighted by atomic mass is 9.84. The third kappa shape index (κ3) is 4.63. The first kappa shape index (κ1) is 25.1. The van der Waals surface area contributed by atoms with E-state index in [1.165, 1.54) is 10.9 Å². The first-order chi connectivity index (χ1) is 18.6. The Labute approximate surface area is 224 Å². The Bertz CT molecular complexity index is 1280. The van der Waals surface area contributed by atoms with Gasteiger partial charge < -0.3 is 14.6 Å². The average Bonchev–Trinajstić information content (AvgIpc) is 3.69. The Kier molecular flexibility index (Phi) is 6.97. The zero-order valence-electron chi connectivity index (χ0n) is 22.3. The summed E-state index contributed by atoms with van der Waals surface area (Å²) in [5, 5.41) is 1.27. The molecule has 1 amide bonds. The van der Waals surface area contributed by atoms with Gasteiger partial charge >= 0.3 is 5.97 Å². The number of ether oxygens (including phenoxy) is 1. The van der Waals surface area contributed by atoms with Crippen molar-refractivity contribution < 1.29 is 14.3 Å². The Morgan fingerprint density at radius 1 is 1.03 bits per heavy atom. The molecule has 7 nitrogen and oxygen atoms in total. The third-order valence-electron chi connectivity index (χ3n) is 8.96. The van der Waals surface area contributed by atoms with Crippen molar-refractivity contribution in [2.75, 3.05) is 44.2 Å². The Morgan fingerprint density at radius 2 is 1.79 bits per heavy atom. The van der Waals surface area contributed by atoms with Crippen molar-refractivity contribution in [3.8, 4) is 0 Å². The highest BCUT2D eigenvalue weighted by Gasteiger charge is 2.52. The van der Waals surface area contributed by atoms with Crippen LogP contribution in [0.4, 0.5) is 5.69 Å². The molecular formula is C31H38N4O3. The fourth-order valence-electron chi connectivity index (χ4n) is 6.76. The van der Waals surface area contributed by atoms with Gasteiger partial charge in [-0.3, -0.25) is 14.6 Å². The molecule has 3 atom stereocenters. The summed E-state index contributed by atoms with van der Waals surface area (Å²) in [5.74, 6) is 0.162. The number of nitrogens with one attached hydrogen (secondary N) is 1. The monoisotopic (exact) mass is 514 g/mol. The van der Waals surface area contributed by atoms with Gasteiger partial charge in [-0.1, -0.05) is 43.3 Å². The highest BCUT2D eigenvalue weighted by atomic mass is 16.5. The van der Waals surface area contributed by atoms with Crippen molar-refractivity contribution in [3.05, 3.63) is 66.4 Å². The van der Waals surface area contributed by atoms with Crippen LogP contribution in [0.1, 0.15) is 38.2 Å². The Balaban J connectivity index is 1.22. The summed E-state index contributed by atoms with van der Waals surface area (Å²) in [5.41, 5.74) is 2.27. The highest BCUT2D eigenvalue weighted by Crippen LogP contribution is 2.38. The molecule has 3 saturated heterocycles. The largest absolute Gasteiger partial charge is 0.459 e. The number of carbonyl (C=O) groups excluding carboxylic acids is 2. The fraction of sp³-hybridized carbons (Fsp3) is 0.484. The molecule has 3 unspecified atom stereocenters. The van der Waals surface area contributed by atoms with E-state index in [1.807, 2.05) is 37.3 Å². The van der Waals surface area contributed by atoms with E-state index in [-0.39, 0.29) is 18.0 Å². The zero-order chi connectivity index (χ0) is 26.1. The van der Waals surface area contributed by atoms with Crippen LogP contribution in [-0.2, 0) is 20.7 Å². The van der Waals surface area contributed by atoms with Gasteiger partial charge in [0.05, 0.1) is 0 Å². The number of likely N-dealkylation sites (tertiary alicyclic amines) is 1. The van der Waals surface area contributed by atoms with Gasteiger partial charge in [0.2, 0.25) is 5.91 Å². The molecule has 2 bridgehead atoms. The highest BCUT2D eigenvalue weighted by molar-refractivity contribution is 6.02. The minimum absolute atomic E-state index is 0.0305. The van der Waals surface area contributed by atoms with Gasteiger partial charge in [0.25, 0.3) is 0 Å². The van der Waals surface area contributed by atoms with Gasteiger partial charge in [-0.25, -0.2) is 4.79 Å². The summed E-state index contributed by atoms with van der Waals surface area (Å²) >= 11 is 0. The third-order valence-corrected chi connectivity index (χ3v) is 8.96. The van der Waals surface area contributed by atoms with E-state index in [0.717, 1.165) is 63.3 Å². The van der Waals surface area contributed by atoms with E-state index in [2.05, 4.69) is 45.2 Å². The van der Waals surface area contributed by atoms with E-state index in [0.29, 0.717) is 25.2 Å². The number of carbonyl (C=O) groups is 2. The Morgan fingerprint density at radius 3 is 2.50 bits per heavy atom. The number of hydrogen-bond acceptors (Lipinski definition) is 5. The van der Waals surface area contributed by atoms with E-state index in [1.54, 1.807) is 4.90 Å². The number of para-hydroxylation sites is 2. The van der Waals surface area contributed by atoms with Crippen LogP contribution in [0, 0.1) is 5.92 Å². The molecule has 0 radical (unpaired) electrons. The molecule has 200 valence electrons. The fourth-order valence-corrected chi connectivity index (χ4v) is 6.76. The number of anilines is 1. The van der Waals surface area contributed by atoms with Crippen LogP contribution in [0.3, 0.4) is 0 Å². The molecule has 0 saturated carbocycles. The van der Waals surface area contributed by atoms with Gasteiger partial charge in [-0.15, -0.1) is 0 Å². The molecule has 0 aliphatic carbocycles. The van der Waals surface area contributed by atoms with Crippen LogP contribution < -0.4 is 4.90 Å². The van der Waals surface area contributed by atoms with E-state index >= 15 is 0 Å². The summed E-state index contributed by atoms with van der Waals surface area (Å²) < 4.78 is 6.29. The number of piperidine rings is 2. The maximum atomic E-state index is 14.1. The first-order valence-corrected chi connectivity index (χ1v) is 14.2. The molecule has 1 aromatic heterocycles. The van der Waals surface area contributed by atoms with Gasteiger partial charge in [0.15, 0.2) is 0 Å². The molecule has 3 aromatic rings. The summed E-state index contributed by atoms with van der Waals surface area (Å²) in [7, 11) is 0. The first-order valence-electron chi connectivity index (χ1n) is 14.2. The normalized spacial score (nSPS) is 24.5. The molecule has 4 heterocycles. The maximum Gasteiger partial charge on any atom is 0.332 e. The Hall–Kier alpha value is -3.16. The van der Waals surface area contributed by atoms with Crippen LogP contribution >= 0.6 is 0 Å².